The number of phenolic OH excluding ortho intramolecular Hbond substituents is 1. The van der Waals surface area contributed by atoms with Crippen molar-refractivity contribution in [1.82, 2.24) is 19.8 Å². The summed E-state index contributed by atoms with van der Waals surface area (Å²) in [5, 5.41) is 12.9. The number of piperazine rings is 1. The highest BCUT2D eigenvalue weighted by atomic mass is 19.1. The van der Waals surface area contributed by atoms with Gasteiger partial charge in [0.1, 0.15) is 35.5 Å². The third-order valence-corrected chi connectivity index (χ3v) is 11.1. The number of anilines is 1. The van der Waals surface area contributed by atoms with E-state index in [9.17, 15) is 14.3 Å². The summed E-state index contributed by atoms with van der Waals surface area (Å²) in [5.41, 5.74) is 0.846. The largest absolute Gasteiger partial charge is 0.508 e. The predicted octanol–water partition coefficient (Wildman–Crippen LogP) is 7.40. The number of aromatic nitrogens is 2. The van der Waals surface area contributed by atoms with Gasteiger partial charge in [0.25, 0.3) is 0 Å². The lowest BCUT2D eigenvalue weighted by atomic mass is 9.91. The summed E-state index contributed by atoms with van der Waals surface area (Å²) in [6.07, 6.45) is 3.17. The molecule has 4 saturated heterocycles. The Kier molecular flexibility index (Phi) is 8.04. The molecule has 1 N–H and O–H groups in total. The first-order valence-electron chi connectivity index (χ1n) is 18.0. The summed E-state index contributed by atoms with van der Waals surface area (Å²) >= 11 is 0. The fraction of sp³-hybridized carbons (Fsp3) is 0.513. The van der Waals surface area contributed by atoms with E-state index >= 15 is 4.39 Å². The molecular weight excluding hydrogens is 640 g/mol. The molecule has 4 atom stereocenters. The quantitative estimate of drug-likeness (QED) is 0.225. The number of phenols is 1. The van der Waals surface area contributed by atoms with Crippen LogP contribution in [0.5, 0.6) is 11.8 Å². The molecular formula is C39H45F2N5O4. The van der Waals surface area contributed by atoms with Crippen LogP contribution in [0.2, 0.25) is 0 Å². The first-order valence-corrected chi connectivity index (χ1v) is 18.0. The molecule has 50 heavy (non-hydrogen) atoms. The Balaban J connectivity index is 1.25. The van der Waals surface area contributed by atoms with Crippen LogP contribution in [0.4, 0.5) is 19.4 Å². The van der Waals surface area contributed by atoms with Crippen molar-refractivity contribution in [2.24, 2.45) is 0 Å². The molecule has 264 valence electrons. The number of nitrogens with zero attached hydrogens (tertiary/aromatic N) is 5. The number of amides is 1. The van der Waals surface area contributed by atoms with Crippen LogP contribution in [-0.2, 0) is 11.2 Å². The van der Waals surface area contributed by atoms with Crippen molar-refractivity contribution in [2.75, 3.05) is 37.7 Å². The lowest BCUT2D eigenvalue weighted by molar-refractivity contribution is 0.0209. The van der Waals surface area contributed by atoms with Gasteiger partial charge < -0.3 is 24.4 Å². The summed E-state index contributed by atoms with van der Waals surface area (Å²) in [6.45, 7) is 9.94. The second-order valence-electron chi connectivity index (χ2n) is 15.6. The lowest BCUT2D eigenvalue weighted by Gasteiger charge is -2.42. The highest BCUT2D eigenvalue weighted by Crippen LogP contribution is 2.45. The number of rotatable bonds is 6. The van der Waals surface area contributed by atoms with E-state index in [-0.39, 0.29) is 42.1 Å². The molecule has 0 aliphatic carbocycles. The van der Waals surface area contributed by atoms with Gasteiger partial charge in [0, 0.05) is 49.1 Å². The van der Waals surface area contributed by atoms with Crippen molar-refractivity contribution >= 4 is 33.6 Å². The van der Waals surface area contributed by atoms with Crippen molar-refractivity contribution in [1.29, 1.82) is 0 Å². The Bertz CT molecular complexity index is 1970. The van der Waals surface area contributed by atoms with Crippen LogP contribution in [0.1, 0.15) is 65.4 Å². The summed E-state index contributed by atoms with van der Waals surface area (Å²) in [5.74, 6) is 0.127. The van der Waals surface area contributed by atoms with Crippen LogP contribution < -0.4 is 9.64 Å². The Labute approximate surface area is 291 Å². The third-order valence-electron chi connectivity index (χ3n) is 11.1. The van der Waals surface area contributed by atoms with E-state index in [4.69, 9.17) is 19.4 Å². The fourth-order valence-corrected chi connectivity index (χ4v) is 8.95. The number of likely N-dealkylation sites (tertiary alicyclic amines) is 1. The molecule has 1 aromatic heterocycles. The average Bonchev–Trinajstić information content (AvgIpc) is 3.68. The zero-order chi connectivity index (χ0) is 34.9. The Morgan fingerprint density at radius 3 is 2.56 bits per heavy atom. The van der Waals surface area contributed by atoms with Crippen LogP contribution in [0, 0.1) is 5.82 Å². The zero-order valence-electron chi connectivity index (χ0n) is 29.2. The standard InChI is InChI=1S/C39H45F2N5O4/c1-5-23-16-31-34(33(41)32(23)30-17-28(47)15-24-9-6-7-10-29(24)30)42-36(49-22-39-13-8-14-45(39)19-25(40)18-39)43-35(31)46-26-11-12-27(46)21-44(20-26)37(48)50-38(2,3)4/h6-7,9-10,15-17,25-27,47H,5,8,11-14,18-22H2,1-4H3/t25-,26?,27?,39+/m1/s1. The highest BCUT2D eigenvalue weighted by Gasteiger charge is 2.50. The van der Waals surface area contributed by atoms with Crippen LogP contribution in [0.25, 0.3) is 32.8 Å². The van der Waals surface area contributed by atoms with E-state index in [1.807, 2.05) is 58.0 Å². The summed E-state index contributed by atoms with van der Waals surface area (Å²) in [7, 11) is 0. The van der Waals surface area contributed by atoms with Gasteiger partial charge in [0.15, 0.2) is 5.82 Å². The molecule has 8 rings (SSSR count). The van der Waals surface area contributed by atoms with Crippen LogP contribution in [-0.4, -0.2) is 93.1 Å². The second-order valence-corrected chi connectivity index (χ2v) is 15.6. The maximum absolute atomic E-state index is 17.4. The van der Waals surface area contributed by atoms with E-state index in [1.54, 1.807) is 17.0 Å². The second kappa shape index (κ2) is 12.2. The molecule has 3 aromatic carbocycles. The van der Waals surface area contributed by atoms with Crippen molar-refractivity contribution in [3.05, 3.63) is 53.8 Å². The third kappa shape index (κ3) is 5.67. The first kappa shape index (κ1) is 32.9. The topological polar surface area (TPSA) is 91.3 Å². The van der Waals surface area contributed by atoms with E-state index in [2.05, 4.69) is 9.80 Å². The van der Waals surface area contributed by atoms with E-state index in [0.29, 0.717) is 54.8 Å². The van der Waals surface area contributed by atoms with Crippen molar-refractivity contribution in [3.8, 4) is 22.9 Å². The molecule has 2 unspecified atom stereocenters. The first-order chi connectivity index (χ1) is 23.9. The number of hydrogen-bond acceptors (Lipinski definition) is 8. The fourth-order valence-electron chi connectivity index (χ4n) is 8.95. The Hall–Kier alpha value is -4.25. The highest BCUT2D eigenvalue weighted by molar-refractivity contribution is 6.02. The number of halogens is 2. The van der Waals surface area contributed by atoms with Gasteiger partial charge in [-0.3, -0.25) is 4.90 Å². The monoisotopic (exact) mass is 685 g/mol. The molecule has 11 heteroatoms. The maximum atomic E-state index is 17.4. The molecule has 5 heterocycles. The minimum atomic E-state index is -0.909. The number of aromatic hydroxyl groups is 1. The van der Waals surface area contributed by atoms with Gasteiger partial charge in [0.05, 0.1) is 5.54 Å². The SMILES string of the molecule is CCc1cc2c(N3C4CCC3CN(C(=O)OC(C)(C)C)C4)nc(OC[C@@]34CCCN3C[C@H](F)C4)nc2c(F)c1-c1cc(O)cc2ccccc12. The number of hydrogen-bond donors (Lipinski definition) is 1. The van der Waals surface area contributed by atoms with Gasteiger partial charge in [-0.15, -0.1) is 0 Å². The number of aryl methyl sites for hydroxylation is 1. The minimum absolute atomic E-state index is 0.0511. The van der Waals surface area contributed by atoms with Gasteiger partial charge >= 0.3 is 12.1 Å². The number of benzene rings is 3. The van der Waals surface area contributed by atoms with Gasteiger partial charge in [-0.05, 0) is 99.5 Å². The average molecular weight is 686 g/mol. The van der Waals surface area contributed by atoms with Gasteiger partial charge in [-0.1, -0.05) is 31.2 Å². The molecule has 0 saturated carbocycles. The van der Waals surface area contributed by atoms with Crippen molar-refractivity contribution in [3.63, 3.8) is 0 Å². The van der Waals surface area contributed by atoms with Crippen molar-refractivity contribution < 1.29 is 28.2 Å². The molecule has 9 nitrogen and oxygen atoms in total. The number of fused-ring (bicyclic) bond motifs is 5. The normalized spacial score (nSPS) is 25.1. The Morgan fingerprint density at radius 1 is 1.06 bits per heavy atom. The Morgan fingerprint density at radius 2 is 1.82 bits per heavy atom. The summed E-state index contributed by atoms with van der Waals surface area (Å²) < 4.78 is 44.1. The molecule has 1 amide bonds. The molecule has 4 aromatic rings. The van der Waals surface area contributed by atoms with Crippen LogP contribution in [0.3, 0.4) is 0 Å². The van der Waals surface area contributed by atoms with Gasteiger partial charge in [0.2, 0.25) is 0 Å². The minimum Gasteiger partial charge on any atom is -0.508 e. The van der Waals surface area contributed by atoms with Crippen LogP contribution >= 0.6 is 0 Å². The number of ether oxygens (including phenoxy) is 2. The smallest absolute Gasteiger partial charge is 0.410 e. The molecule has 2 bridgehead atoms. The number of carbonyl (C=O) groups excluding carboxylic acids is 1. The van der Waals surface area contributed by atoms with Crippen LogP contribution in [0.15, 0.2) is 42.5 Å². The number of carbonyl (C=O) groups is 1. The maximum Gasteiger partial charge on any atom is 0.410 e. The van der Waals surface area contributed by atoms with E-state index in [1.165, 1.54) is 0 Å². The molecule has 4 aliphatic heterocycles. The zero-order valence-corrected chi connectivity index (χ0v) is 29.2. The number of alkyl halides is 1. The summed E-state index contributed by atoms with van der Waals surface area (Å²) in [6, 6.07) is 12.9. The van der Waals surface area contributed by atoms with Gasteiger partial charge in [-0.2, -0.15) is 9.97 Å². The van der Waals surface area contributed by atoms with E-state index in [0.717, 1.165) is 48.6 Å². The predicted molar refractivity (Wildman–Crippen MR) is 189 cm³/mol. The molecule has 0 spiro atoms. The van der Waals surface area contributed by atoms with Crippen molar-refractivity contribution in [2.45, 2.75) is 95.6 Å². The summed E-state index contributed by atoms with van der Waals surface area (Å²) in [4.78, 5) is 29.1. The molecule has 4 aliphatic rings. The van der Waals surface area contributed by atoms with E-state index < -0.39 is 23.1 Å². The molecule has 0 radical (unpaired) electrons. The lowest BCUT2D eigenvalue weighted by Crippen LogP contribution is -2.56. The molecule has 4 fully saturated rings. The van der Waals surface area contributed by atoms with Gasteiger partial charge in [-0.25, -0.2) is 13.6 Å².